The van der Waals surface area contributed by atoms with E-state index in [1.165, 1.54) is 29.8 Å². The summed E-state index contributed by atoms with van der Waals surface area (Å²) in [7, 11) is 0. The van der Waals surface area contributed by atoms with Gasteiger partial charge < -0.3 is 0 Å². The molecule has 0 heterocycles. The van der Waals surface area contributed by atoms with Gasteiger partial charge in [0.25, 0.3) is 0 Å². The Balaban J connectivity index is 2.13. The third-order valence-corrected chi connectivity index (χ3v) is 3.72. The van der Waals surface area contributed by atoms with Crippen molar-refractivity contribution in [2.24, 2.45) is 0 Å². The van der Waals surface area contributed by atoms with Gasteiger partial charge in [-0.2, -0.15) is 5.26 Å². The quantitative estimate of drug-likeness (QED) is 0.741. The van der Waals surface area contributed by atoms with E-state index in [9.17, 15) is 14.4 Å². The summed E-state index contributed by atoms with van der Waals surface area (Å²) in [5, 5.41) is 9.34. The highest BCUT2D eigenvalue weighted by atomic mass is 19.1. The summed E-state index contributed by atoms with van der Waals surface area (Å²) in [6.45, 7) is 4.21. The lowest BCUT2D eigenvalue weighted by molar-refractivity contribution is 0.0979. The maximum atomic E-state index is 12.9. The first kappa shape index (κ1) is 15.9. The largest absolute Gasteiger partial charge is 0.294 e. The van der Waals surface area contributed by atoms with E-state index in [1.54, 1.807) is 0 Å². The summed E-state index contributed by atoms with van der Waals surface area (Å²) < 4.78 is 12.9. The number of carbonyl (C=O) groups excluding carboxylic acids is 1. The number of benzene rings is 2. The van der Waals surface area contributed by atoms with Gasteiger partial charge in [-0.05, 0) is 41.3 Å². The predicted octanol–water partition coefficient (Wildman–Crippen LogP) is 4.83. The number of halogens is 1. The van der Waals surface area contributed by atoms with Crippen molar-refractivity contribution in [1.29, 1.82) is 5.26 Å². The first-order chi connectivity index (χ1) is 10.5. The molecule has 0 saturated carbocycles. The second-order valence-corrected chi connectivity index (χ2v) is 5.64. The highest BCUT2D eigenvalue weighted by Crippen LogP contribution is 2.24. The van der Waals surface area contributed by atoms with Crippen molar-refractivity contribution in [2.45, 2.75) is 32.1 Å². The molecule has 0 aromatic heterocycles. The van der Waals surface area contributed by atoms with Crippen LogP contribution in [0.25, 0.3) is 0 Å². The minimum Gasteiger partial charge on any atom is -0.294 e. The molecule has 1 atom stereocenters. The van der Waals surface area contributed by atoms with E-state index in [4.69, 9.17) is 0 Å². The van der Waals surface area contributed by atoms with Gasteiger partial charge in [0.05, 0.1) is 12.0 Å². The molecule has 0 bridgehead atoms. The molecular formula is C19H18FNO. The second kappa shape index (κ2) is 7.00. The molecule has 2 rings (SSSR count). The molecule has 3 heteroatoms. The Hall–Kier alpha value is -2.47. The fourth-order valence-corrected chi connectivity index (χ4v) is 2.29. The van der Waals surface area contributed by atoms with Crippen molar-refractivity contribution in [3.05, 3.63) is 71.0 Å². The van der Waals surface area contributed by atoms with E-state index < -0.39 is 5.92 Å². The van der Waals surface area contributed by atoms with Gasteiger partial charge in [0.2, 0.25) is 0 Å². The number of ketones is 1. The van der Waals surface area contributed by atoms with Gasteiger partial charge in [-0.1, -0.05) is 38.1 Å². The zero-order chi connectivity index (χ0) is 16.1. The highest BCUT2D eigenvalue weighted by Gasteiger charge is 2.17. The van der Waals surface area contributed by atoms with Crippen molar-refractivity contribution < 1.29 is 9.18 Å². The summed E-state index contributed by atoms with van der Waals surface area (Å²) in [6.07, 6.45) is 0.100. The SMILES string of the molecule is CC(C)c1ccc(C(C#N)CC(=O)c2ccc(F)cc2)cc1. The fraction of sp³-hybridized carbons (Fsp3) is 0.263. The molecule has 0 saturated heterocycles. The topological polar surface area (TPSA) is 40.9 Å². The molecule has 0 amide bonds. The van der Waals surface area contributed by atoms with Crippen LogP contribution in [0.4, 0.5) is 4.39 Å². The van der Waals surface area contributed by atoms with E-state index in [0.717, 1.165) is 5.56 Å². The van der Waals surface area contributed by atoms with Gasteiger partial charge in [-0.3, -0.25) is 4.79 Å². The first-order valence-electron chi connectivity index (χ1n) is 7.29. The summed E-state index contributed by atoms with van der Waals surface area (Å²) >= 11 is 0. The third kappa shape index (κ3) is 3.79. The monoisotopic (exact) mass is 295 g/mol. The number of rotatable bonds is 5. The Bertz CT molecular complexity index is 681. The van der Waals surface area contributed by atoms with Gasteiger partial charge in [0.15, 0.2) is 5.78 Å². The Morgan fingerprint density at radius 2 is 1.59 bits per heavy atom. The van der Waals surface area contributed by atoms with Crippen LogP contribution in [0.2, 0.25) is 0 Å². The lowest BCUT2D eigenvalue weighted by atomic mass is 9.91. The van der Waals surface area contributed by atoms with Gasteiger partial charge in [-0.15, -0.1) is 0 Å². The smallest absolute Gasteiger partial charge is 0.164 e. The van der Waals surface area contributed by atoms with E-state index in [2.05, 4.69) is 19.9 Å². The number of Topliss-reactive ketones (excluding diaryl/α,β-unsaturated/α-hetero) is 1. The van der Waals surface area contributed by atoms with Crippen LogP contribution in [0.3, 0.4) is 0 Å². The van der Waals surface area contributed by atoms with Crippen LogP contribution in [0.15, 0.2) is 48.5 Å². The van der Waals surface area contributed by atoms with Crippen LogP contribution in [0, 0.1) is 17.1 Å². The van der Waals surface area contributed by atoms with Gasteiger partial charge in [0, 0.05) is 12.0 Å². The lowest BCUT2D eigenvalue weighted by Gasteiger charge is -2.11. The molecule has 2 aromatic rings. The van der Waals surface area contributed by atoms with Crippen molar-refractivity contribution in [3.63, 3.8) is 0 Å². The number of nitriles is 1. The van der Waals surface area contributed by atoms with Crippen LogP contribution in [0.1, 0.15) is 53.6 Å². The Morgan fingerprint density at radius 3 is 2.09 bits per heavy atom. The van der Waals surface area contributed by atoms with Crippen molar-refractivity contribution >= 4 is 5.78 Å². The highest BCUT2D eigenvalue weighted by molar-refractivity contribution is 5.96. The minimum absolute atomic E-state index is 0.100. The zero-order valence-electron chi connectivity index (χ0n) is 12.7. The number of hydrogen-bond donors (Lipinski definition) is 0. The van der Waals surface area contributed by atoms with E-state index in [1.807, 2.05) is 24.3 Å². The Morgan fingerprint density at radius 1 is 1.05 bits per heavy atom. The normalized spacial score (nSPS) is 12.0. The molecule has 2 aromatic carbocycles. The summed E-state index contributed by atoms with van der Waals surface area (Å²) in [6, 6.07) is 15.4. The molecule has 0 radical (unpaired) electrons. The molecule has 0 aliphatic carbocycles. The predicted molar refractivity (Wildman–Crippen MR) is 84.2 cm³/mol. The molecule has 1 unspecified atom stereocenters. The Labute approximate surface area is 130 Å². The summed E-state index contributed by atoms with van der Waals surface area (Å²) in [5.41, 5.74) is 2.47. The summed E-state index contributed by atoms with van der Waals surface area (Å²) in [4.78, 5) is 12.2. The van der Waals surface area contributed by atoms with E-state index >= 15 is 0 Å². The molecular weight excluding hydrogens is 277 g/mol. The van der Waals surface area contributed by atoms with Crippen molar-refractivity contribution in [3.8, 4) is 6.07 Å². The second-order valence-electron chi connectivity index (χ2n) is 5.64. The fourth-order valence-electron chi connectivity index (χ4n) is 2.29. The molecule has 112 valence electrons. The zero-order valence-corrected chi connectivity index (χ0v) is 12.7. The molecule has 0 aliphatic rings. The van der Waals surface area contributed by atoms with Crippen LogP contribution in [-0.2, 0) is 0 Å². The van der Waals surface area contributed by atoms with Gasteiger partial charge >= 0.3 is 0 Å². The molecule has 0 N–H and O–H groups in total. The minimum atomic E-state index is -0.487. The van der Waals surface area contributed by atoms with Crippen LogP contribution in [0.5, 0.6) is 0 Å². The molecule has 0 aliphatic heterocycles. The van der Waals surface area contributed by atoms with E-state index in [0.29, 0.717) is 11.5 Å². The average Bonchev–Trinajstić information content (AvgIpc) is 2.53. The Kier molecular flexibility index (Phi) is 5.06. The van der Waals surface area contributed by atoms with E-state index in [-0.39, 0.29) is 18.0 Å². The lowest BCUT2D eigenvalue weighted by Crippen LogP contribution is -2.06. The standard InChI is InChI=1S/C19H18FNO/c1-13(2)14-3-5-15(6-4-14)17(12-21)11-19(22)16-7-9-18(20)10-8-16/h3-10,13,17H,11H2,1-2H3. The number of carbonyl (C=O) groups is 1. The van der Waals surface area contributed by atoms with Crippen LogP contribution >= 0.6 is 0 Å². The number of hydrogen-bond acceptors (Lipinski definition) is 2. The number of nitrogens with zero attached hydrogens (tertiary/aromatic N) is 1. The van der Waals surface area contributed by atoms with Gasteiger partial charge in [-0.25, -0.2) is 4.39 Å². The molecule has 2 nitrogen and oxygen atoms in total. The maximum absolute atomic E-state index is 12.9. The van der Waals surface area contributed by atoms with Crippen molar-refractivity contribution in [2.75, 3.05) is 0 Å². The third-order valence-electron chi connectivity index (χ3n) is 3.72. The first-order valence-corrected chi connectivity index (χ1v) is 7.29. The van der Waals surface area contributed by atoms with Crippen molar-refractivity contribution in [1.82, 2.24) is 0 Å². The maximum Gasteiger partial charge on any atom is 0.164 e. The van der Waals surface area contributed by atoms with Crippen LogP contribution < -0.4 is 0 Å². The van der Waals surface area contributed by atoms with Gasteiger partial charge in [0.1, 0.15) is 5.82 Å². The summed E-state index contributed by atoms with van der Waals surface area (Å²) in [5.74, 6) is -0.591. The molecule has 22 heavy (non-hydrogen) atoms. The molecule has 0 spiro atoms. The molecule has 0 fully saturated rings. The van der Waals surface area contributed by atoms with Crippen LogP contribution in [-0.4, -0.2) is 5.78 Å². The average molecular weight is 295 g/mol.